The number of carbonyl (C=O) groups excluding carboxylic acids is 1. The first-order chi connectivity index (χ1) is 11.1. The van der Waals surface area contributed by atoms with E-state index in [1.165, 1.54) is 36.8 Å². The van der Waals surface area contributed by atoms with Crippen LogP contribution in [0.3, 0.4) is 0 Å². The van der Waals surface area contributed by atoms with Gasteiger partial charge in [0.1, 0.15) is 5.75 Å². The van der Waals surface area contributed by atoms with E-state index in [4.69, 9.17) is 4.74 Å². The minimum absolute atomic E-state index is 0.202. The Morgan fingerprint density at radius 2 is 2.13 bits per heavy atom. The number of benzene rings is 1. The van der Waals surface area contributed by atoms with Gasteiger partial charge in [-0.1, -0.05) is 25.0 Å². The summed E-state index contributed by atoms with van der Waals surface area (Å²) in [7, 11) is 4.13. The zero-order chi connectivity index (χ0) is 16.2. The first kappa shape index (κ1) is 16.3. The number of hydrogen-bond donors (Lipinski definition) is 1. The molecule has 0 aromatic heterocycles. The lowest BCUT2D eigenvalue weighted by Crippen LogP contribution is -2.35. The standard InChI is InChI=1S/C19H28N2O2/c1-21(2)17(13-20-19(22)11-14-5-3-4-6-14)15-7-8-18-16(12-15)9-10-23-18/h7-8,12,14,17H,3-6,9-11,13H2,1-2H3,(H,20,22). The third-order valence-corrected chi connectivity index (χ3v) is 5.16. The van der Waals surface area contributed by atoms with Crippen molar-refractivity contribution in [2.45, 2.75) is 44.6 Å². The number of hydrogen-bond acceptors (Lipinski definition) is 3. The normalized spacial score (nSPS) is 18.7. The van der Waals surface area contributed by atoms with Crippen molar-refractivity contribution in [1.29, 1.82) is 0 Å². The van der Waals surface area contributed by atoms with Crippen molar-refractivity contribution in [2.75, 3.05) is 27.2 Å². The fourth-order valence-electron chi connectivity index (χ4n) is 3.77. The molecule has 1 aliphatic heterocycles. The van der Waals surface area contributed by atoms with E-state index in [2.05, 4.69) is 42.5 Å². The molecule has 1 unspecified atom stereocenters. The highest BCUT2D eigenvalue weighted by Gasteiger charge is 2.21. The fourth-order valence-corrected chi connectivity index (χ4v) is 3.77. The summed E-state index contributed by atoms with van der Waals surface area (Å²) in [6, 6.07) is 6.62. The zero-order valence-electron chi connectivity index (χ0n) is 14.3. The van der Waals surface area contributed by atoms with Crippen molar-refractivity contribution < 1.29 is 9.53 Å². The molecule has 0 bridgehead atoms. The molecule has 1 aromatic carbocycles. The number of likely N-dealkylation sites (N-methyl/N-ethyl adjacent to an activating group) is 1. The lowest BCUT2D eigenvalue weighted by molar-refractivity contribution is -0.122. The summed E-state index contributed by atoms with van der Waals surface area (Å²) >= 11 is 0. The maximum atomic E-state index is 12.2. The monoisotopic (exact) mass is 316 g/mol. The second kappa shape index (κ2) is 7.35. The summed E-state index contributed by atoms with van der Waals surface area (Å²) in [5, 5.41) is 3.15. The Morgan fingerprint density at radius 1 is 1.35 bits per heavy atom. The van der Waals surface area contributed by atoms with Gasteiger partial charge in [0.2, 0.25) is 5.91 Å². The molecule has 0 saturated heterocycles. The molecule has 1 heterocycles. The smallest absolute Gasteiger partial charge is 0.220 e. The Labute approximate surface area is 139 Å². The molecule has 0 spiro atoms. The summed E-state index contributed by atoms with van der Waals surface area (Å²) in [6.45, 7) is 1.45. The van der Waals surface area contributed by atoms with E-state index in [9.17, 15) is 4.79 Å². The van der Waals surface area contributed by atoms with Gasteiger partial charge in [0.05, 0.1) is 12.6 Å². The average molecular weight is 316 g/mol. The van der Waals surface area contributed by atoms with Gasteiger partial charge in [-0.3, -0.25) is 4.79 Å². The molecule has 1 fully saturated rings. The van der Waals surface area contributed by atoms with Crippen molar-refractivity contribution in [3.63, 3.8) is 0 Å². The quantitative estimate of drug-likeness (QED) is 0.877. The van der Waals surface area contributed by atoms with Gasteiger partial charge in [-0.05, 0) is 50.0 Å². The van der Waals surface area contributed by atoms with Crippen molar-refractivity contribution in [2.24, 2.45) is 5.92 Å². The summed E-state index contributed by atoms with van der Waals surface area (Å²) in [6.07, 6.45) is 6.69. The molecule has 23 heavy (non-hydrogen) atoms. The van der Waals surface area contributed by atoms with E-state index in [1.807, 2.05) is 0 Å². The zero-order valence-corrected chi connectivity index (χ0v) is 14.3. The van der Waals surface area contributed by atoms with Crippen LogP contribution in [-0.4, -0.2) is 38.1 Å². The lowest BCUT2D eigenvalue weighted by Gasteiger charge is -2.26. The van der Waals surface area contributed by atoms with Crippen LogP contribution >= 0.6 is 0 Å². The Hall–Kier alpha value is -1.55. The van der Waals surface area contributed by atoms with Crippen LogP contribution in [0.1, 0.15) is 49.3 Å². The van der Waals surface area contributed by atoms with Crippen LogP contribution in [-0.2, 0) is 11.2 Å². The minimum atomic E-state index is 0.202. The minimum Gasteiger partial charge on any atom is -0.493 e. The highest BCUT2D eigenvalue weighted by molar-refractivity contribution is 5.76. The Balaban J connectivity index is 1.59. The largest absolute Gasteiger partial charge is 0.493 e. The van der Waals surface area contributed by atoms with Crippen LogP contribution in [0.4, 0.5) is 0 Å². The summed E-state index contributed by atoms with van der Waals surface area (Å²) < 4.78 is 5.58. The molecule has 1 aliphatic carbocycles. The van der Waals surface area contributed by atoms with Crippen LogP contribution < -0.4 is 10.1 Å². The molecule has 126 valence electrons. The van der Waals surface area contributed by atoms with Gasteiger partial charge in [-0.2, -0.15) is 0 Å². The van der Waals surface area contributed by atoms with Gasteiger partial charge in [0, 0.05) is 19.4 Å². The average Bonchev–Trinajstić information content (AvgIpc) is 3.17. The number of nitrogens with one attached hydrogen (secondary N) is 1. The van der Waals surface area contributed by atoms with Gasteiger partial charge in [-0.25, -0.2) is 0 Å². The van der Waals surface area contributed by atoms with Crippen LogP contribution in [0.15, 0.2) is 18.2 Å². The van der Waals surface area contributed by atoms with Gasteiger partial charge < -0.3 is 15.0 Å². The van der Waals surface area contributed by atoms with E-state index in [0.717, 1.165) is 18.8 Å². The van der Waals surface area contributed by atoms with E-state index < -0.39 is 0 Å². The first-order valence-corrected chi connectivity index (χ1v) is 8.82. The maximum absolute atomic E-state index is 12.2. The number of nitrogens with zero attached hydrogens (tertiary/aromatic N) is 1. The molecule has 1 atom stereocenters. The molecule has 1 amide bonds. The second-order valence-corrected chi connectivity index (χ2v) is 7.10. The fraction of sp³-hybridized carbons (Fsp3) is 0.632. The predicted molar refractivity (Wildman–Crippen MR) is 91.7 cm³/mol. The van der Waals surface area contributed by atoms with Gasteiger partial charge >= 0.3 is 0 Å². The number of amides is 1. The van der Waals surface area contributed by atoms with E-state index in [-0.39, 0.29) is 11.9 Å². The number of fused-ring (bicyclic) bond motifs is 1. The van der Waals surface area contributed by atoms with Crippen LogP contribution in [0.5, 0.6) is 5.75 Å². The predicted octanol–water partition coefficient (Wildman–Crippen LogP) is 2.92. The van der Waals surface area contributed by atoms with Gasteiger partial charge in [0.25, 0.3) is 0 Å². The van der Waals surface area contributed by atoms with Gasteiger partial charge in [0.15, 0.2) is 0 Å². The molecule has 1 aromatic rings. The summed E-state index contributed by atoms with van der Waals surface area (Å²) in [4.78, 5) is 14.4. The Kier molecular flexibility index (Phi) is 5.21. The topological polar surface area (TPSA) is 41.6 Å². The summed E-state index contributed by atoms with van der Waals surface area (Å²) in [5.74, 6) is 1.81. The van der Waals surface area contributed by atoms with Crippen LogP contribution in [0.25, 0.3) is 0 Å². The SMILES string of the molecule is CN(C)C(CNC(=O)CC1CCCC1)c1ccc2c(c1)CCO2. The highest BCUT2D eigenvalue weighted by Crippen LogP contribution is 2.30. The molecule has 3 rings (SSSR count). The highest BCUT2D eigenvalue weighted by atomic mass is 16.5. The van der Waals surface area contributed by atoms with Gasteiger partial charge in [-0.15, -0.1) is 0 Å². The third kappa shape index (κ3) is 4.05. The molecule has 1 N–H and O–H groups in total. The number of ether oxygens (including phenoxy) is 1. The Morgan fingerprint density at radius 3 is 2.87 bits per heavy atom. The van der Waals surface area contributed by atoms with E-state index >= 15 is 0 Å². The molecular weight excluding hydrogens is 288 g/mol. The Bertz CT molecular complexity index is 550. The van der Waals surface area contributed by atoms with Crippen molar-refractivity contribution in [3.8, 4) is 5.75 Å². The molecule has 4 heteroatoms. The second-order valence-electron chi connectivity index (χ2n) is 7.10. The van der Waals surface area contributed by atoms with Crippen molar-refractivity contribution in [3.05, 3.63) is 29.3 Å². The number of rotatable bonds is 6. The van der Waals surface area contributed by atoms with Crippen molar-refractivity contribution in [1.82, 2.24) is 10.2 Å². The van der Waals surface area contributed by atoms with E-state index in [1.54, 1.807) is 0 Å². The molecule has 2 aliphatic rings. The number of carbonyl (C=O) groups is 1. The van der Waals surface area contributed by atoms with Crippen LogP contribution in [0, 0.1) is 5.92 Å². The molecule has 4 nitrogen and oxygen atoms in total. The lowest BCUT2D eigenvalue weighted by atomic mass is 10.0. The molecule has 0 radical (unpaired) electrons. The molecular formula is C19H28N2O2. The van der Waals surface area contributed by atoms with Crippen LogP contribution in [0.2, 0.25) is 0 Å². The molecule has 1 saturated carbocycles. The maximum Gasteiger partial charge on any atom is 0.220 e. The first-order valence-electron chi connectivity index (χ1n) is 8.82. The van der Waals surface area contributed by atoms with Crippen molar-refractivity contribution >= 4 is 5.91 Å². The third-order valence-electron chi connectivity index (χ3n) is 5.16. The van der Waals surface area contributed by atoms with E-state index in [0.29, 0.717) is 18.9 Å². The summed E-state index contributed by atoms with van der Waals surface area (Å²) in [5.41, 5.74) is 2.53.